The zero-order chi connectivity index (χ0) is 23.7. The summed E-state index contributed by atoms with van der Waals surface area (Å²) in [5.74, 6) is -3.92. The lowest BCUT2D eigenvalue weighted by atomic mass is 10.1. The zero-order valence-corrected chi connectivity index (χ0v) is 17.6. The number of anilines is 2. The highest BCUT2D eigenvalue weighted by atomic mass is 32.2. The first-order valence-corrected chi connectivity index (χ1v) is 11.3. The van der Waals surface area contributed by atoms with Crippen LogP contribution in [0, 0.1) is 0 Å². The van der Waals surface area contributed by atoms with Gasteiger partial charge in [-0.05, 0) is 30.7 Å². The number of amides is 1. The van der Waals surface area contributed by atoms with Gasteiger partial charge in [-0.2, -0.15) is 13.2 Å². The molecule has 0 radical (unpaired) electrons. The Balaban J connectivity index is 1.97. The lowest BCUT2D eigenvalue weighted by Crippen LogP contribution is -2.30. The van der Waals surface area contributed by atoms with Gasteiger partial charge in [0.05, 0.1) is 10.6 Å². The Morgan fingerprint density at radius 1 is 1.12 bits per heavy atom. The number of benzene rings is 1. The molecule has 0 bridgehead atoms. The second kappa shape index (κ2) is 8.60. The molecule has 1 amide bonds. The topological polar surface area (TPSA) is 92.3 Å². The van der Waals surface area contributed by atoms with Gasteiger partial charge in [-0.3, -0.25) is 4.79 Å². The number of aromatic nitrogens is 2. The van der Waals surface area contributed by atoms with Gasteiger partial charge < -0.3 is 10.2 Å². The Morgan fingerprint density at radius 2 is 1.84 bits per heavy atom. The average Bonchev–Trinajstić information content (AvgIpc) is 2.87. The summed E-state index contributed by atoms with van der Waals surface area (Å²) in [7, 11) is -3.57. The maximum absolute atomic E-state index is 13.7. The maximum atomic E-state index is 13.7. The van der Waals surface area contributed by atoms with Gasteiger partial charge in [0.2, 0.25) is 5.92 Å². The predicted octanol–water partition coefficient (Wildman–Crippen LogP) is 3.78. The van der Waals surface area contributed by atoms with Crippen molar-refractivity contribution in [1.29, 1.82) is 0 Å². The second-order valence-electron chi connectivity index (χ2n) is 7.41. The maximum Gasteiger partial charge on any atom is 0.435 e. The SMILES string of the molecule is CS(=O)(=O)c1cccc(NC(=O)c2nnc(C(F)(F)F)cc2N2CCCC(F)(F)CC2)c1. The molecule has 174 valence electrons. The molecule has 0 unspecified atom stereocenters. The first-order valence-electron chi connectivity index (χ1n) is 9.45. The Kier molecular flexibility index (Phi) is 6.40. The van der Waals surface area contributed by atoms with Gasteiger partial charge >= 0.3 is 6.18 Å². The molecular formula is C19H19F5N4O3S. The molecule has 7 nitrogen and oxygen atoms in total. The first-order chi connectivity index (χ1) is 14.8. The number of carbonyl (C=O) groups is 1. The van der Waals surface area contributed by atoms with E-state index in [1.165, 1.54) is 29.2 Å². The molecule has 1 aliphatic rings. The molecule has 0 atom stereocenters. The van der Waals surface area contributed by atoms with Crippen molar-refractivity contribution in [2.24, 2.45) is 0 Å². The number of rotatable bonds is 4. The average molecular weight is 478 g/mol. The molecule has 2 heterocycles. The van der Waals surface area contributed by atoms with E-state index in [1.54, 1.807) is 0 Å². The molecule has 0 saturated carbocycles. The fourth-order valence-electron chi connectivity index (χ4n) is 3.22. The third kappa shape index (κ3) is 5.69. The van der Waals surface area contributed by atoms with Crippen molar-refractivity contribution < 1.29 is 35.2 Å². The van der Waals surface area contributed by atoms with Crippen LogP contribution in [-0.4, -0.2) is 49.8 Å². The summed E-state index contributed by atoms with van der Waals surface area (Å²) < 4.78 is 90.4. The molecule has 0 aliphatic carbocycles. The summed E-state index contributed by atoms with van der Waals surface area (Å²) in [6, 6.07) is 5.86. The molecule has 1 N–H and O–H groups in total. The number of alkyl halides is 5. The van der Waals surface area contributed by atoms with Crippen molar-refractivity contribution in [2.75, 3.05) is 29.6 Å². The fourth-order valence-corrected chi connectivity index (χ4v) is 3.89. The van der Waals surface area contributed by atoms with Crippen molar-refractivity contribution >= 4 is 27.1 Å². The third-order valence-electron chi connectivity index (χ3n) is 4.86. The molecule has 1 saturated heterocycles. The van der Waals surface area contributed by atoms with Crippen LogP contribution in [0.1, 0.15) is 35.4 Å². The number of hydrogen-bond donors (Lipinski definition) is 1. The quantitative estimate of drug-likeness (QED) is 0.673. The van der Waals surface area contributed by atoms with Crippen LogP contribution in [0.3, 0.4) is 0 Å². The summed E-state index contributed by atoms with van der Waals surface area (Å²) in [6.07, 6.45) is -4.88. The molecule has 13 heteroatoms. The molecule has 2 aromatic rings. The van der Waals surface area contributed by atoms with Crippen LogP contribution < -0.4 is 10.2 Å². The summed E-state index contributed by atoms with van der Waals surface area (Å²) >= 11 is 0. The van der Waals surface area contributed by atoms with Crippen LogP contribution >= 0.6 is 0 Å². The summed E-state index contributed by atoms with van der Waals surface area (Å²) in [4.78, 5) is 14.0. The van der Waals surface area contributed by atoms with Gasteiger partial charge in [0, 0.05) is 37.9 Å². The molecule has 32 heavy (non-hydrogen) atoms. The van der Waals surface area contributed by atoms with Crippen LogP contribution in [0.5, 0.6) is 0 Å². The number of nitrogens with one attached hydrogen (secondary N) is 1. The van der Waals surface area contributed by atoms with E-state index in [9.17, 15) is 35.2 Å². The first kappa shape index (κ1) is 23.8. The van der Waals surface area contributed by atoms with Crippen LogP contribution in [0.15, 0.2) is 35.2 Å². The number of halogens is 5. The Morgan fingerprint density at radius 3 is 2.50 bits per heavy atom. The van der Waals surface area contributed by atoms with Crippen LogP contribution in [0.25, 0.3) is 0 Å². The standard InChI is InChI=1S/C19H19F5N4O3S/c1-32(30,31)13-5-2-4-12(10-13)25-17(29)16-14(11-15(26-27-16)19(22,23)24)28-8-3-6-18(20,21)7-9-28/h2,4-5,10-11H,3,6-9H2,1H3,(H,25,29). The van der Waals surface area contributed by atoms with Gasteiger partial charge in [-0.25, -0.2) is 17.2 Å². The Bertz CT molecular complexity index is 1120. The summed E-state index contributed by atoms with van der Waals surface area (Å²) in [5, 5.41) is 8.87. The minimum absolute atomic E-state index is 0.00240. The number of sulfone groups is 1. The molecule has 1 aliphatic heterocycles. The highest BCUT2D eigenvalue weighted by molar-refractivity contribution is 7.90. The number of nitrogens with zero attached hydrogens (tertiary/aromatic N) is 3. The lowest BCUT2D eigenvalue weighted by Gasteiger charge is -2.25. The van der Waals surface area contributed by atoms with Crippen molar-refractivity contribution in [3.63, 3.8) is 0 Å². The minimum Gasteiger partial charge on any atom is -0.369 e. The Labute approximate surface area is 180 Å². The molecule has 0 spiro atoms. The molecule has 1 aromatic carbocycles. The van der Waals surface area contributed by atoms with Gasteiger partial charge in [-0.1, -0.05) is 6.07 Å². The van der Waals surface area contributed by atoms with Crippen LogP contribution in [-0.2, 0) is 16.0 Å². The summed E-state index contributed by atoms with van der Waals surface area (Å²) in [5.41, 5.74) is -2.07. The lowest BCUT2D eigenvalue weighted by molar-refractivity contribution is -0.141. The van der Waals surface area contributed by atoms with Gasteiger partial charge in [0.25, 0.3) is 5.91 Å². The van der Waals surface area contributed by atoms with E-state index in [-0.39, 0.29) is 35.8 Å². The monoisotopic (exact) mass is 478 g/mol. The van der Waals surface area contributed by atoms with Crippen LogP contribution in [0.2, 0.25) is 0 Å². The normalized spacial score (nSPS) is 17.0. The molecule has 1 aromatic heterocycles. The zero-order valence-electron chi connectivity index (χ0n) is 16.8. The van der Waals surface area contributed by atoms with E-state index in [4.69, 9.17) is 0 Å². The fraction of sp³-hybridized carbons (Fsp3) is 0.421. The van der Waals surface area contributed by atoms with Gasteiger partial charge in [0.15, 0.2) is 21.2 Å². The van der Waals surface area contributed by atoms with Gasteiger partial charge in [-0.15, -0.1) is 10.2 Å². The second-order valence-corrected chi connectivity index (χ2v) is 9.43. The largest absolute Gasteiger partial charge is 0.435 e. The number of carbonyl (C=O) groups excluding carboxylic acids is 1. The third-order valence-corrected chi connectivity index (χ3v) is 5.97. The minimum atomic E-state index is -4.85. The van der Waals surface area contributed by atoms with E-state index in [2.05, 4.69) is 15.5 Å². The van der Waals surface area contributed by atoms with Crippen molar-refractivity contribution in [2.45, 2.75) is 36.3 Å². The van der Waals surface area contributed by atoms with Gasteiger partial charge in [0.1, 0.15) is 0 Å². The molecule has 3 rings (SSSR count). The van der Waals surface area contributed by atoms with E-state index in [0.717, 1.165) is 6.26 Å². The Hall–Kier alpha value is -2.83. The highest BCUT2D eigenvalue weighted by Crippen LogP contribution is 2.34. The summed E-state index contributed by atoms with van der Waals surface area (Å²) in [6.45, 7) is -0.276. The predicted molar refractivity (Wildman–Crippen MR) is 106 cm³/mol. The smallest absolute Gasteiger partial charge is 0.369 e. The van der Waals surface area contributed by atoms with E-state index < -0.39 is 52.1 Å². The molecule has 1 fully saturated rings. The van der Waals surface area contributed by atoms with Crippen LogP contribution in [0.4, 0.5) is 33.3 Å². The van der Waals surface area contributed by atoms with Crippen molar-refractivity contribution in [3.05, 3.63) is 41.7 Å². The van der Waals surface area contributed by atoms with E-state index >= 15 is 0 Å². The highest BCUT2D eigenvalue weighted by Gasteiger charge is 2.37. The van der Waals surface area contributed by atoms with E-state index in [0.29, 0.717) is 6.07 Å². The number of hydrogen-bond acceptors (Lipinski definition) is 6. The van der Waals surface area contributed by atoms with Crippen molar-refractivity contribution in [1.82, 2.24) is 10.2 Å². The molecular weight excluding hydrogens is 459 g/mol. The van der Waals surface area contributed by atoms with E-state index in [1.807, 2.05) is 0 Å². The van der Waals surface area contributed by atoms with Crippen molar-refractivity contribution in [3.8, 4) is 0 Å².